The zero-order valence-corrected chi connectivity index (χ0v) is 11.7. The molecular weight excluding hydrogens is 266 g/mol. The van der Waals surface area contributed by atoms with Crippen LogP contribution in [0.15, 0.2) is 0 Å². The van der Waals surface area contributed by atoms with E-state index >= 15 is 0 Å². The molecule has 1 aliphatic rings. The fourth-order valence-corrected chi connectivity index (χ4v) is 4.54. The Morgan fingerprint density at radius 1 is 1.29 bits per heavy atom. The molecule has 0 saturated carbocycles. The highest BCUT2D eigenvalue weighted by Crippen LogP contribution is 2.18. The molecule has 0 aromatic carbocycles. The summed E-state index contributed by atoms with van der Waals surface area (Å²) < 4.78 is 45.9. The lowest BCUT2D eigenvalue weighted by molar-refractivity contribution is 0.0711. The van der Waals surface area contributed by atoms with E-state index in [0.29, 0.717) is 6.61 Å². The maximum Gasteiger partial charge on any atom is 0.236 e. The molecule has 0 bridgehead atoms. The van der Waals surface area contributed by atoms with Gasteiger partial charge >= 0.3 is 0 Å². The maximum atomic E-state index is 11.7. The van der Waals surface area contributed by atoms with Crippen LogP contribution < -0.4 is 4.89 Å². The molecule has 102 valence electrons. The highest BCUT2D eigenvalue weighted by Gasteiger charge is 2.32. The third-order valence-electron chi connectivity index (χ3n) is 2.53. The molecular formula is C9H19NO5S2. The van der Waals surface area contributed by atoms with E-state index in [1.807, 2.05) is 13.8 Å². The SMILES string of the molecule is CC(C)CONS(=O)(=O)C1CCS(=O)(=O)CC1. The second-order valence-electron chi connectivity index (χ2n) is 4.68. The van der Waals surface area contributed by atoms with Gasteiger partial charge in [-0.3, -0.25) is 4.84 Å². The van der Waals surface area contributed by atoms with Crippen molar-refractivity contribution < 1.29 is 21.7 Å². The molecule has 0 radical (unpaired) electrons. The molecule has 1 rings (SSSR count). The van der Waals surface area contributed by atoms with Crippen molar-refractivity contribution in [2.45, 2.75) is 31.9 Å². The maximum absolute atomic E-state index is 11.7. The number of sulfonamides is 1. The quantitative estimate of drug-likeness (QED) is 0.722. The molecule has 6 nitrogen and oxygen atoms in total. The van der Waals surface area contributed by atoms with Crippen LogP contribution in [0.5, 0.6) is 0 Å². The van der Waals surface area contributed by atoms with Crippen molar-refractivity contribution in [2.24, 2.45) is 5.92 Å². The van der Waals surface area contributed by atoms with E-state index in [-0.39, 0.29) is 30.3 Å². The van der Waals surface area contributed by atoms with Crippen LogP contribution in [0.3, 0.4) is 0 Å². The van der Waals surface area contributed by atoms with E-state index in [1.54, 1.807) is 0 Å². The fourth-order valence-electron chi connectivity index (χ4n) is 1.53. The normalized spacial score (nSPS) is 21.8. The lowest BCUT2D eigenvalue weighted by Gasteiger charge is -2.22. The minimum absolute atomic E-state index is 0.0667. The average molecular weight is 285 g/mol. The minimum Gasteiger partial charge on any atom is -0.287 e. The molecule has 1 fully saturated rings. The molecule has 1 aliphatic heterocycles. The number of nitrogens with one attached hydrogen (secondary N) is 1. The molecule has 0 aliphatic carbocycles. The van der Waals surface area contributed by atoms with Gasteiger partial charge in [0.2, 0.25) is 10.0 Å². The van der Waals surface area contributed by atoms with Crippen LogP contribution in [-0.2, 0) is 24.7 Å². The van der Waals surface area contributed by atoms with Gasteiger partial charge in [0, 0.05) is 0 Å². The second-order valence-corrected chi connectivity index (χ2v) is 8.91. The fraction of sp³-hybridized carbons (Fsp3) is 1.00. The van der Waals surface area contributed by atoms with Gasteiger partial charge in [-0.2, -0.15) is 0 Å². The zero-order valence-electron chi connectivity index (χ0n) is 10.0. The van der Waals surface area contributed by atoms with Crippen molar-refractivity contribution in [3.63, 3.8) is 0 Å². The molecule has 1 saturated heterocycles. The Labute approximate surface area is 103 Å². The Morgan fingerprint density at radius 3 is 2.29 bits per heavy atom. The summed E-state index contributed by atoms with van der Waals surface area (Å²) in [5.74, 6) is 0.0929. The number of rotatable bonds is 5. The first kappa shape index (κ1) is 14.9. The van der Waals surface area contributed by atoms with E-state index in [1.165, 1.54) is 0 Å². The smallest absolute Gasteiger partial charge is 0.236 e. The second kappa shape index (κ2) is 5.64. The zero-order chi connectivity index (χ0) is 13.1. The first-order valence-electron chi connectivity index (χ1n) is 5.56. The van der Waals surface area contributed by atoms with Crippen molar-refractivity contribution in [2.75, 3.05) is 18.1 Å². The van der Waals surface area contributed by atoms with Gasteiger partial charge in [-0.1, -0.05) is 18.7 Å². The van der Waals surface area contributed by atoms with Crippen LogP contribution in [-0.4, -0.2) is 40.2 Å². The summed E-state index contributed by atoms with van der Waals surface area (Å²) in [6.07, 6.45) is 0.283. The number of sulfone groups is 1. The van der Waals surface area contributed by atoms with Crippen molar-refractivity contribution in [3.05, 3.63) is 0 Å². The summed E-state index contributed by atoms with van der Waals surface area (Å²) in [5, 5.41) is -0.668. The van der Waals surface area contributed by atoms with Crippen molar-refractivity contribution in [1.29, 1.82) is 0 Å². The third-order valence-corrected chi connectivity index (χ3v) is 5.95. The summed E-state index contributed by atoms with van der Waals surface area (Å²) in [6, 6.07) is 0. The van der Waals surface area contributed by atoms with E-state index in [9.17, 15) is 16.8 Å². The van der Waals surface area contributed by atoms with Gasteiger partial charge in [0.1, 0.15) is 9.84 Å². The van der Waals surface area contributed by atoms with Crippen LogP contribution in [0.25, 0.3) is 0 Å². The molecule has 0 atom stereocenters. The highest BCUT2D eigenvalue weighted by atomic mass is 32.2. The lowest BCUT2D eigenvalue weighted by Crippen LogP contribution is -2.40. The summed E-state index contributed by atoms with van der Waals surface area (Å²) in [4.78, 5) is 6.94. The predicted octanol–water partition coefficient (Wildman–Crippen LogP) is 0.0706. The van der Waals surface area contributed by atoms with Gasteiger partial charge in [0.25, 0.3) is 0 Å². The Bertz CT molecular complexity index is 426. The molecule has 8 heteroatoms. The average Bonchev–Trinajstić information content (AvgIpc) is 2.15. The molecule has 1 heterocycles. The first-order valence-corrected chi connectivity index (χ1v) is 8.92. The van der Waals surface area contributed by atoms with Gasteiger partial charge < -0.3 is 0 Å². The van der Waals surface area contributed by atoms with Gasteiger partial charge in [-0.05, 0) is 18.8 Å². The molecule has 17 heavy (non-hydrogen) atoms. The standard InChI is InChI=1S/C9H19NO5S2/c1-8(2)7-15-10-17(13,14)9-3-5-16(11,12)6-4-9/h8-10H,3-7H2,1-2H3. The largest absolute Gasteiger partial charge is 0.287 e. The molecule has 0 spiro atoms. The van der Waals surface area contributed by atoms with Crippen molar-refractivity contribution in [1.82, 2.24) is 4.89 Å². The lowest BCUT2D eigenvalue weighted by atomic mass is 10.2. The van der Waals surface area contributed by atoms with E-state index in [2.05, 4.69) is 4.89 Å². The van der Waals surface area contributed by atoms with Crippen molar-refractivity contribution in [3.8, 4) is 0 Å². The van der Waals surface area contributed by atoms with Crippen LogP contribution in [0, 0.1) is 5.92 Å². The van der Waals surface area contributed by atoms with Crippen LogP contribution in [0.4, 0.5) is 0 Å². The Morgan fingerprint density at radius 2 is 1.82 bits per heavy atom. The monoisotopic (exact) mass is 285 g/mol. The molecule has 0 amide bonds. The summed E-state index contributed by atoms with van der Waals surface area (Å²) in [6.45, 7) is 4.10. The summed E-state index contributed by atoms with van der Waals surface area (Å²) in [5.41, 5.74) is 0. The van der Waals surface area contributed by atoms with Gasteiger partial charge in [0.15, 0.2) is 0 Å². The van der Waals surface area contributed by atoms with Crippen LogP contribution in [0.2, 0.25) is 0 Å². The van der Waals surface area contributed by atoms with E-state index in [0.717, 1.165) is 0 Å². The molecule has 0 unspecified atom stereocenters. The van der Waals surface area contributed by atoms with E-state index in [4.69, 9.17) is 4.84 Å². The third kappa shape index (κ3) is 4.90. The Balaban J connectivity index is 2.49. The molecule has 1 N–H and O–H groups in total. The van der Waals surface area contributed by atoms with Gasteiger partial charge in [0.05, 0.1) is 23.4 Å². The Hall–Kier alpha value is -0.180. The summed E-state index contributed by atoms with van der Waals surface area (Å²) in [7, 11) is -6.61. The van der Waals surface area contributed by atoms with E-state index < -0.39 is 25.1 Å². The predicted molar refractivity (Wildman–Crippen MR) is 64.5 cm³/mol. The van der Waals surface area contributed by atoms with Crippen molar-refractivity contribution >= 4 is 19.9 Å². The van der Waals surface area contributed by atoms with Crippen LogP contribution in [0.1, 0.15) is 26.7 Å². The highest BCUT2D eigenvalue weighted by molar-refractivity contribution is 7.92. The molecule has 0 aromatic rings. The first-order chi connectivity index (χ1) is 7.73. The Kier molecular flexibility index (Phi) is 4.94. The number of hydrogen-bond acceptors (Lipinski definition) is 5. The van der Waals surface area contributed by atoms with Gasteiger partial charge in [-0.25, -0.2) is 16.8 Å². The topological polar surface area (TPSA) is 89.5 Å². The van der Waals surface area contributed by atoms with Gasteiger partial charge in [-0.15, -0.1) is 0 Å². The summed E-state index contributed by atoms with van der Waals surface area (Å²) >= 11 is 0. The minimum atomic E-state index is -3.57. The number of hydrogen-bond donors (Lipinski definition) is 1. The van der Waals surface area contributed by atoms with Crippen LogP contribution >= 0.6 is 0 Å². The molecule has 0 aromatic heterocycles.